The van der Waals surface area contributed by atoms with Crippen LogP contribution in [-0.4, -0.2) is 44.3 Å². The van der Waals surface area contributed by atoms with Gasteiger partial charge in [0.15, 0.2) is 11.5 Å². The molecule has 2 rings (SSSR count). The van der Waals surface area contributed by atoms with E-state index in [-0.39, 0.29) is 6.03 Å². The molecule has 0 bridgehead atoms. The predicted molar refractivity (Wildman–Crippen MR) is 71.4 cm³/mol. The van der Waals surface area contributed by atoms with Gasteiger partial charge in [-0.25, -0.2) is 4.79 Å². The van der Waals surface area contributed by atoms with E-state index in [1.54, 1.807) is 12.0 Å². The van der Waals surface area contributed by atoms with Crippen LogP contribution < -0.4 is 20.5 Å². The number of ether oxygens (including phenoxy) is 2. The van der Waals surface area contributed by atoms with Gasteiger partial charge in [-0.2, -0.15) is 0 Å². The zero-order chi connectivity index (χ0) is 13.7. The first kappa shape index (κ1) is 13.5. The molecule has 0 unspecified atom stereocenters. The molecule has 0 radical (unpaired) electrons. The van der Waals surface area contributed by atoms with Crippen molar-refractivity contribution in [1.29, 1.82) is 0 Å². The van der Waals surface area contributed by atoms with Gasteiger partial charge in [0.1, 0.15) is 6.61 Å². The molecule has 1 heterocycles. The lowest BCUT2D eigenvalue weighted by molar-refractivity contribution is 0.200. The van der Waals surface area contributed by atoms with Gasteiger partial charge in [-0.05, 0) is 6.07 Å². The van der Waals surface area contributed by atoms with E-state index < -0.39 is 0 Å². The molecule has 1 aliphatic heterocycles. The summed E-state index contributed by atoms with van der Waals surface area (Å²) in [7, 11) is 1.59. The Morgan fingerprint density at radius 1 is 1.47 bits per heavy atom. The Balaban J connectivity index is 1.96. The van der Waals surface area contributed by atoms with E-state index in [4.69, 9.17) is 15.2 Å². The third kappa shape index (κ3) is 3.08. The monoisotopic (exact) mass is 265 g/mol. The highest BCUT2D eigenvalue weighted by molar-refractivity contribution is 5.76. The molecule has 6 nitrogen and oxygen atoms in total. The van der Waals surface area contributed by atoms with E-state index in [2.05, 4.69) is 5.32 Å². The summed E-state index contributed by atoms with van der Waals surface area (Å²) >= 11 is 0. The molecule has 1 fully saturated rings. The lowest BCUT2D eigenvalue weighted by Crippen LogP contribution is -2.32. The van der Waals surface area contributed by atoms with Gasteiger partial charge < -0.3 is 25.4 Å². The van der Waals surface area contributed by atoms with E-state index in [0.29, 0.717) is 37.7 Å². The maximum absolute atomic E-state index is 11.4. The Kier molecular flexibility index (Phi) is 4.46. The molecule has 1 aromatic rings. The van der Waals surface area contributed by atoms with Crippen LogP contribution in [0.5, 0.6) is 11.5 Å². The minimum Gasteiger partial charge on any atom is -0.493 e. The number of benzene rings is 1. The second-order valence-corrected chi connectivity index (χ2v) is 4.22. The number of nitrogens with zero attached hydrogens (tertiary/aromatic N) is 1. The van der Waals surface area contributed by atoms with E-state index in [0.717, 1.165) is 12.1 Å². The molecule has 0 saturated carbocycles. The van der Waals surface area contributed by atoms with Gasteiger partial charge in [0.25, 0.3) is 0 Å². The number of carbonyl (C=O) groups is 1. The van der Waals surface area contributed by atoms with Crippen molar-refractivity contribution in [2.75, 3.05) is 33.4 Å². The van der Waals surface area contributed by atoms with E-state index in [1.807, 2.05) is 18.2 Å². The first-order valence-corrected chi connectivity index (χ1v) is 6.27. The van der Waals surface area contributed by atoms with E-state index in [1.165, 1.54) is 0 Å². The number of methoxy groups -OCH3 is 1. The summed E-state index contributed by atoms with van der Waals surface area (Å²) in [4.78, 5) is 13.1. The maximum atomic E-state index is 11.4. The molecule has 19 heavy (non-hydrogen) atoms. The third-order valence-electron chi connectivity index (χ3n) is 3.05. The standard InChI is InChI=1S/C13H19N3O3/c1-18-11-4-2-3-10(9-14)12(11)19-8-7-16-6-5-15-13(16)17/h2-4H,5-9,14H2,1H3,(H,15,17). The van der Waals surface area contributed by atoms with Gasteiger partial charge in [-0.3, -0.25) is 0 Å². The Bertz CT molecular complexity index is 429. The minimum atomic E-state index is -0.0392. The summed E-state index contributed by atoms with van der Waals surface area (Å²) in [5, 5.41) is 2.75. The van der Waals surface area contributed by atoms with Crippen LogP contribution >= 0.6 is 0 Å². The van der Waals surface area contributed by atoms with E-state index in [9.17, 15) is 4.79 Å². The van der Waals surface area contributed by atoms with Gasteiger partial charge in [-0.15, -0.1) is 0 Å². The highest BCUT2D eigenvalue weighted by atomic mass is 16.5. The number of para-hydroxylation sites is 1. The summed E-state index contributed by atoms with van der Waals surface area (Å²) in [6.45, 7) is 2.77. The lowest BCUT2D eigenvalue weighted by Gasteiger charge is -2.17. The molecule has 0 aromatic heterocycles. The number of urea groups is 1. The van der Waals surface area contributed by atoms with Crippen molar-refractivity contribution in [3.05, 3.63) is 23.8 Å². The van der Waals surface area contributed by atoms with E-state index >= 15 is 0 Å². The van der Waals surface area contributed by atoms with Crippen LogP contribution in [0.3, 0.4) is 0 Å². The summed E-state index contributed by atoms with van der Waals surface area (Å²) in [6, 6.07) is 5.57. The highest BCUT2D eigenvalue weighted by Gasteiger charge is 2.19. The zero-order valence-corrected chi connectivity index (χ0v) is 11.0. The fourth-order valence-corrected chi connectivity index (χ4v) is 2.03. The van der Waals surface area contributed by atoms with Crippen LogP contribution in [0.15, 0.2) is 18.2 Å². The van der Waals surface area contributed by atoms with Gasteiger partial charge in [0.2, 0.25) is 0 Å². The molecule has 3 N–H and O–H groups in total. The first-order valence-electron chi connectivity index (χ1n) is 6.27. The molecule has 6 heteroatoms. The fraction of sp³-hybridized carbons (Fsp3) is 0.462. The van der Waals surface area contributed by atoms with Crippen molar-refractivity contribution in [2.24, 2.45) is 5.73 Å². The molecule has 0 spiro atoms. The Hall–Kier alpha value is -1.95. The number of nitrogens with one attached hydrogen (secondary N) is 1. The average Bonchev–Trinajstić information content (AvgIpc) is 2.84. The largest absolute Gasteiger partial charge is 0.493 e. The molecular formula is C13H19N3O3. The zero-order valence-electron chi connectivity index (χ0n) is 11.0. The SMILES string of the molecule is COc1cccc(CN)c1OCCN1CCNC1=O. The summed E-state index contributed by atoms with van der Waals surface area (Å²) in [5.41, 5.74) is 6.57. The molecule has 2 amide bonds. The number of carbonyl (C=O) groups excluding carboxylic acids is 1. The molecule has 1 aromatic carbocycles. The quantitative estimate of drug-likeness (QED) is 0.788. The third-order valence-corrected chi connectivity index (χ3v) is 3.05. The average molecular weight is 265 g/mol. The Morgan fingerprint density at radius 2 is 2.32 bits per heavy atom. The van der Waals surface area contributed by atoms with Gasteiger partial charge in [-0.1, -0.05) is 12.1 Å². The first-order chi connectivity index (χ1) is 9.26. The Labute approximate surface area is 112 Å². The van der Waals surface area contributed by atoms with Crippen LogP contribution in [0, 0.1) is 0 Å². The van der Waals surface area contributed by atoms with Crippen LogP contribution in [0.2, 0.25) is 0 Å². The lowest BCUT2D eigenvalue weighted by atomic mass is 10.2. The highest BCUT2D eigenvalue weighted by Crippen LogP contribution is 2.30. The van der Waals surface area contributed by atoms with Crippen LogP contribution in [0.4, 0.5) is 4.79 Å². The number of rotatable bonds is 6. The molecule has 1 saturated heterocycles. The fourth-order valence-electron chi connectivity index (χ4n) is 2.03. The van der Waals surface area contributed by atoms with Crippen molar-refractivity contribution in [3.8, 4) is 11.5 Å². The molecule has 1 aliphatic rings. The summed E-state index contributed by atoms with van der Waals surface area (Å²) in [5.74, 6) is 1.32. The van der Waals surface area contributed by atoms with Crippen molar-refractivity contribution in [3.63, 3.8) is 0 Å². The number of nitrogens with two attached hydrogens (primary N) is 1. The van der Waals surface area contributed by atoms with Gasteiger partial charge in [0, 0.05) is 25.2 Å². The normalized spacial score (nSPS) is 14.4. The second kappa shape index (κ2) is 6.29. The number of amides is 2. The topological polar surface area (TPSA) is 76.8 Å². The van der Waals surface area contributed by atoms with Gasteiger partial charge in [0.05, 0.1) is 13.7 Å². The predicted octanol–water partition coefficient (Wildman–Crippen LogP) is 0.558. The molecule has 0 atom stereocenters. The summed E-state index contributed by atoms with van der Waals surface area (Å²) in [6.07, 6.45) is 0. The minimum absolute atomic E-state index is 0.0392. The maximum Gasteiger partial charge on any atom is 0.317 e. The Morgan fingerprint density at radius 3 is 2.95 bits per heavy atom. The molecule has 104 valence electrons. The second-order valence-electron chi connectivity index (χ2n) is 4.22. The van der Waals surface area contributed by atoms with Crippen molar-refractivity contribution < 1.29 is 14.3 Å². The number of hydrogen-bond donors (Lipinski definition) is 2. The molecular weight excluding hydrogens is 246 g/mol. The summed E-state index contributed by atoms with van der Waals surface area (Å²) < 4.78 is 11.0. The van der Waals surface area contributed by atoms with Crippen LogP contribution in [0.25, 0.3) is 0 Å². The van der Waals surface area contributed by atoms with Crippen molar-refractivity contribution in [1.82, 2.24) is 10.2 Å². The molecule has 0 aliphatic carbocycles. The number of hydrogen-bond acceptors (Lipinski definition) is 4. The van der Waals surface area contributed by atoms with Gasteiger partial charge >= 0.3 is 6.03 Å². The van der Waals surface area contributed by atoms with Crippen molar-refractivity contribution in [2.45, 2.75) is 6.54 Å². The van der Waals surface area contributed by atoms with Crippen LogP contribution in [0.1, 0.15) is 5.56 Å². The van der Waals surface area contributed by atoms with Crippen LogP contribution in [-0.2, 0) is 6.54 Å². The van der Waals surface area contributed by atoms with Crippen molar-refractivity contribution >= 4 is 6.03 Å². The smallest absolute Gasteiger partial charge is 0.317 e.